The molecule has 0 aromatic carbocycles. The maximum atomic E-state index is 11.0. The van der Waals surface area contributed by atoms with Crippen LogP contribution < -0.4 is 9.80 Å². The summed E-state index contributed by atoms with van der Waals surface area (Å²) in [7, 11) is 0. The van der Waals surface area contributed by atoms with Crippen LogP contribution in [0.15, 0.2) is 12.4 Å². The molecule has 3 rings (SSSR count). The van der Waals surface area contributed by atoms with Crippen molar-refractivity contribution in [2.24, 2.45) is 5.92 Å². The molecule has 0 radical (unpaired) electrons. The number of likely N-dealkylation sites (N-methyl/N-ethyl adjacent to an activating group) is 1. The van der Waals surface area contributed by atoms with Crippen molar-refractivity contribution in [2.45, 2.75) is 19.8 Å². The van der Waals surface area contributed by atoms with E-state index in [1.807, 2.05) is 12.4 Å². The van der Waals surface area contributed by atoms with Crippen LogP contribution in [-0.4, -0.2) is 71.8 Å². The van der Waals surface area contributed by atoms with Gasteiger partial charge in [0.1, 0.15) is 0 Å². The number of carboxylic acid groups (broad SMARTS) is 1. The average Bonchev–Trinajstić information content (AvgIpc) is 2.62. The van der Waals surface area contributed by atoms with E-state index in [1.54, 1.807) is 0 Å². The van der Waals surface area contributed by atoms with Gasteiger partial charge in [0.05, 0.1) is 24.0 Å². The second kappa shape index (κ2) is 7.12. The summed E-state index contributed by atoms with van der Waals surface area (Å²) in [5.74, 6) is -0.0892. The lowest BCUT2D eigenvalue weighted by atomic mass is 9.97. The van der Waals surface area contributed by atoms with Crippen LogP contribution in [0.2, 0.25) is 0 Å². The van der Waals surface area contributed by atoms with Gasteiger partial charge >= 0.3 is 5.97 Å². The van der Waals surface area contributed by atoms with Crippen molar-refractivity contribution in [1.82, 2.24) is 14.9 Å². The fourth-order valence-electron chi connectivity index (χ4n) is 3.29. The van der Waals surface area contributed by atoms with Gasteiger partial charge in [0.15, 0.2) is 0 Å². The van der Waals surface area contributed by atoms with Crippen LogP contribution in [0.4, 0.5) is 11.6 Å². The minimum Gasteiger partial charge on any atom is -0.481 e. The van der Waals surface area contributed by atoms with Crippen molar-refractivity contribution >= 4 is 17.6 Å². The Morgan fingerprint density at radius 3 is 2.22 bits per heavy atom. The Kier molecular flexibility index (Phi) is 4.95. The number of carbonyl (C=O) groups is 1. The minimum atomic E-state index is -0.678. The number of carboxylic acids is 1. The fraction of sp³-hybridized carbons (Fsp3) is 0.688. The Bertz CT molecular complexity index is 520. The molecule has 7 heteroatoms. The number of hydrogen-bond acceptors (Lipinski definition) is 6. The number of nitrogens with zero attached hydrogens (tertiary/aromatic N) is 5. The first-order valence-electron chi connectivity index (χ1n) is 8.44. The molecule has 1 aromatic rings. The molecule has 0 atom stereocenters. The Morgan fingerprint density at radius 1 is 1.09 bits per heavy atom. The first-order chi connectivity index (χ1) is 11.2. The quantitative estimate of drug-likeness (QED) is 0.884. The number of aliphatic carboxylic acids is 1. The molecule has 2 aliphatic heterocycles. The van der Waals surface area contributed by atoms with Crippen molar-refractivity contribution in [2.75, 3.05) is 55.6 Å². The minimum absolute atomic E-state index is 0.207. The van der Waals surface area contributed by atoms with E-state index in [2.05, 4.69) is 31.6 Å². The Labute approximate surface area is 136 Å². The molecule has 0 bridgehead atoms. The largest absolute Gasteiger partial charge is 0.481 e. The van der Waals surface area contributed by atoms with E-state index in [9.17, 15) is 4.79 Å². The van der Waals surface area contributed by atoms with Crippen molar-refractivity contribution < 1.29 is 9.90 Å². The topological polar surface area (TPSA) is 72.8 Å². The van der Waals surface area contributed by atoms with Gasteiger partial charge in [-0.2, -0.15) is 0 Å². The first-order valence-corrected chi connectivity index (χ1v) is 8.44. The highest BCUT2D eigenvalue weighted by Gasteiger charge is 2.25. The second-order valence-electron chi connectivity index (χ2n) is 6.26. The van der Waals surface area contributed by atoms with E-state index in [1.165, 1.54) is 0 Å². The molecule has 2 saturated heterocycles. The molecule has 3 heterocycles. The van der Waals surface area contributed by atoms with Crippen molar-refractivity contribution in [3.05, 3.63) is 12.4 Å². The number of anilines is 2. The van der Waals surface area contributed by atoms with Gasteiger partial charge in [0.25, 0.3) is 0 Å². The van der Waals surface area contributed by atoms with E-state index < -0.39 is 5.97 Å². The van der Waals surface area contributed by atoms with Crippen LogP contribution in [0.1, 0.15) is 19.8 Å². The van der Waals surface area contributed by atoms with Crippen molar-refractivity contribution in [3.8, 4) is 0 Å². The zero-order valence-electron chi connectivity index (χ0n) is 13.7. The number of hydrogen-bond donors (Lipinski definition) is 1. The molecule has 0 saturated carbocycles. The predicted molar refractivity (Wildman–Crippen MR) is 88.9 cm³/mol. The molecule has 0 unspecified atom stereocenters. The van der Waals surface area contributed by atoms with Gasteiger partial charge in [-0.25, -0.2) is 9.97 Å². The lowest BCUT2D eigenvalue weighted by Gasteiger charge is -2.34. The highest BCUT2D eigenvalue weighted by molar-refractivity contribution is 5.70. The van der Waals surface area contributed by atoms with Gasteiger partial charge in [-0.1, -0.05) is 6.92 Å². The molecular formula is C16H25N5O2. The van der Waals surface area contributed by atoms with Crippen LogP contribution in [0.25, 0.3) is 0 Å². The zero-order chi connectivity index (χ0) is 16.2. The summed E-state index contributed by atoms with van der Waals surface area (Å²) in [4.78, 5) is 26.9. The molecule has 126 valence electrons. The third-order valence-electron chi connectivity index (χ3n) is 4.94. The summed E-state index contributed by atoms with van der Waals surface area (Å²) in [6, 6.07) is 0. The monoisotopic (exact) mass is 319 g/mol. The summed E-state index contributed by atoms with van der Waals surface area (Å²) in [5, 5.41) is 9.06. The van der Waals surface area contributed by atoms with E-state index in [0.29, 0.717) is 12.8 Å². The van der Waals surface area contributed by atoms with Gasteiger partial charge in [0, 0.05) is 39.3 Å². The van der Waals surface area contributed by atoms with Gasteiger partial charge < -0.3 is 19.8 Å². The number of rotatable bonds is 4. The lowest BCUT2D eigenvalue weighted by molar-refractivity contribution is -0.142. The smallest absolute Gasteiger partial charge is 0.306 e. The summed E-state index contributed by atoms with van der Waals surface area (Å²) >= 11 is 0. The molecule has 0 amide bonds. The third kappa shape index (κ3) is 3.72. The van der Waals surface area contributed by atoms with Gasteiger partial charge in [0.2, 0.25) is 5.95 Å². The number of aromatic nitrogens is 2. The molecule has 7 nitrogen and oxygen atoms in total. The Morgan fingerprint density at radius 2 is 1.70 bits per heavy atom. The van der Waals surface area contributed by atoms with Gasteiger partial charge in [-0.05, 0) is 19.4 Å². The van der Waals surface area contributed by atoms with Crippen LogP contribution >= 0.6 is 0 Å². The summed E-state index contributed by atoms with van der Waals surface area (Å²) in [5.41, 5.74) is 0.991. The van der Waals surface area contributed by atoms with Crippen LogP contribution in [-0.2, 0) is 4.79 Å². The maximum Gasteiger partial charge on any atom is 0.306 e. The third-order valence-corrected chi connectivity index (χ3v) is 4.94. The summed E-state index contributed by atoms with van der Waals surface area (Å²) in [6.07, 6.45) is 5.12. The predicted octanol–water partition coefficient (Wildman–Crippen LogP) is 0.919. The summed E-state index contributed by atoms with van der Waals surface area (Å²) < 4.78 is 0. The molecular weight excluding hydrogens is 294 g/mol. The normalized spacial score (nSPS) is 20.7. The molecule has 1 N–H and O–H groups in total. The standard InChI is InChI=1S/C16H25N5O2/c1-2-19-7-9-21(10-8-19)16-17-11-14(12-18-16)20-5-3-13(4-6-20)15(22)23/h11-13H,2-10H2,1H3,(H,22,23). The SMILES string of the molecule is CCN1CCN(c2ncc(N3CCC(C(=O)O)CC3)cn2)CC1. The number of piperazine rings is 1. The summed E-state index contributed by atoms with van der Waals surface area (Å²) in [6.45, 7) is 8.86. The van der Waals surface area contributed by atoms with E-state index in [0.717, 1.165) is 57.4 Å². The first kappa shape index (κ1) is 16.0. The van der Waals surface area contributed by atoms with Crippen molar-refractivity contribution in [1.29, 1.82) is 0 Å². The Balaban J connectivity index is 1.57. The van der Waals surface area contributed by atoms with Crippen LogP contribution in [0.5, 0.6) is 0 Å². The molecule has 2 fully saturated rings. The average molecular weight is 319 g/mol. The van der Waals surface area contributed by atoms with E-state index in [-0.39, 0.29) is 5.92 Å². The molecule has 1 aromatic heterocycles. The highest BCUT2D eigenvalue weighted by Crippen LogP contribution is 2.23. The molecule has 0 spiro atoms. The van der Waals surface area contributed by atoms with E-state index in [4.69, 9.17) is 5.11 Å². The lowest BCUT2D eigenvalue weighted by Crippen LogP contribution is -2.46. The maximum absolute atomic E-state index is 11.0. The fourth-order valence-corrected chi connectivity index (χ4v) is 3.29. The van der Waals surface area contributed by atoms with Gasteiger partial charge in [-0.3, -0.25) is 4.79 Å². The zero-order valence-corrected chi connectivity index (χ0v) is 13.7. The van der Waals surface area contributed by atoms with Crippen LogP contribution in [0.3, 0.4) is 0 Å². The second-order valence-corrected chi connectivity index (χ2v) is 6.26. The van der Waals surface area contributed by atoms with Gasteiger partial charge in [-0.15, -0.1) is 0 Å². The van der Waals surface area contributed by atoms with Crippen LogP contribution in [0, 0.1) is 5.92 Å². The van der Waals surface area contributed by atoms with Crippen molar-refractivity contribution in [3.63, 3.8) is 0 Å². The Hall–Kier alpha value is -1.89. The molecule has 23 heavy (non-hydrogen) atoms. The highest BCUT2D eigenvalue weighted by atomic mass is 16.4. The molecule has 0 aliphatic carbocycles. The van der Waals surface area contributed by atoms with E-state index >= 15 is 0 Å². The molecule has 2 aliphatic rings. The number of piperidine rings is 1.